The van der Waals surface area contributed by atoms with Gasteiger partial charge in [0.15, 0.2) is 0 Å². The Hall–Kier alpha value is -1.98. The van der Waals surface area contributed by atoms with E-state index in [2.05, 4.69) is 53.9 Å². The fourth-order valence-corrected chi connectivity index (χ4v) is 4.29. The van der Waals surface area contributed by atoms with Gasteiger partial charge in [-0.3, -0.25) is 0 Å². The van der Waals surface area contributed by atoms with Crippen LogP contribution in [-0.4, -0.2) is 49.7 Å². The molecule has 0 saturated heterocycles. The highest BCUT2D eigenvalue weighted by atomic mass is 16.5. The van der Waals surface area contributed by atoms with E-state index in [-0.39, 0.29) is 18.6 Å². The van der Waals surface area contributed by atoms with Crippen LogP contribution in [0, 0.1) is 5.41 Å². The second-order valence-corrected chi connectivity index (χ2v) is 8.63. The minimum absolute atomic E-state index is 0.0656. The van der Waals surface area contributed by atoms with Crippen LogP contribution in [0.3, 0.4) is 0 Å². The van der Waals surface area contributed by atoms with Crippen molar-refractivity contribution in [2.24, 2.45) is 5.41 Å². The number of nitrogens with one attached hydrogen (secondary N) is 1. The summed E-state index contributed by atoms with van der Waals surface area (Å²) < 4.78 is 5.87. The number of rotatable bonds is 14. The van der Waals surface area contributed by atoms with Crippen LogP contribution >= 0.6 is 0 Å². The number of aliphatic hydroxyl groups is 2. The average Bonchev–Trinajstić information content (AvgIpc) is 2.82. The highest BCUT2D eigenvalue weighted by molar-refractivity contribution is 5.85. The molecular weight excluding hydrogens is 386 g/mol. The summed E-state index contributed by atoms with van der Waals surface area (Å²) in [4.78, 5) is 0. The van der Waals surface area contributed by atoms with Gasteiger partial charge in [-0.1, -0.05) is 73.5 Å². The molecule has 4 heteroatoms. The standard InChI is InChI=1S/C27H37NO3/c29-20-23-9-8-15-27(19-23,22-30)21-28-16-5-1-2-6-17-31-18-14-25-12-7-11-24-10-3-4-13-26(24)25/h3-4,7-13,15,28-30H,1-2,5-6,14,16-22H2. The maximum atomic E-state index is 9.81. The molecule has 31 heavy (non-hydrogen) atoms. The average molecular weight is 424 g/mol. The molecule has 1 aliphatic rings. The zero-order valence-corrected chi connectivity index (χ0v) is 18.6. The summed E-state index contributed by atoms with van der Waals surface area (Å²) in [5.74, 6) is 0. The molecule has 4 nitrogen and oxygen atoms in total. The number of ether oxygens (including phenoxy) is 1. The molecule has 3 rings (SSSR count). The number of hydrogen-bond acceptors (Lipinski definition) is 4. The topological polar surface area (TPSA) is 61.7 Å². The van der Waals surface area contributed by atoms with Gasteiger partial charge in [0.05, 0.1) is 19.8 Å². The van der Waals surface area contributed by atoms with Crippen LogP contribution < -0.4 is 5.32 Å². The van der Waals surface area contributed by atoms with E-state index in [9.17, 15) is 10.2 Å². The number of unbranched alkanes of at least 4 members (excludes halogenated alkanes) is 3. The number of benzene rings is 2. The van der Waals surface area contributed by atoms with Crippen LogP contribution in [0.4, 0.5) is 0 Å². The Kier molecular flexibility index (Phi) is 9.76. The lowest BCUT2D eigenvalue weighted by Crippen LogP contribution is -2.37. The van der Waals surface area contributed by atoms with Gasteiger partial charge in [0.25, 0.3) is 0 Å². The Morgan fingerprint density at radius 1 is 0.935 bits per heavy atom. The van der Waals surface area contributed by atoms with Gasteiger partial charge in [0.1, 0.15) is 0 Å². The smallest absolute Gasteiger partial charge is 0.0645 e. The molecule has 168 valence electrons. The Balaban J connectivity index is 1.21. The van der Waals surface area contributed by atoms with Crippen molar-refractivity contribution < 1.29 is 14.9 Å². The van der Waals surface area contributed by atoms with Gasteiger partial charge in [0.2, 0.25) is 0 Å². The van der Waals surface area contributed by atoms with Gasteiger partial charge in [-0.15, -0.1) is 0 Å². The summed E-state index contributed by atoms with van der Waals surface area (Å²) in [6, 6.07) is 15.0. The van der Waals surface area contributed by atoms with Crippen molar-refractivity contribution in [3.05, 3.63) is 71.8 Å². The molecule has 0 aromatic heterocycles. The van der Waals surface area contributed by atoms with Crippen LogP contribution in [0.25, 0.3) is 10.8 Å². The molecule has 2 aromatic rings. The molecule has 0 amide bonds. The van der Waals surface area contributed by atoms with Crippen molar-refractivity contribution in [2.75, 3.05) is 39.5 Å². The maximum absolute atomic E-state index is 9.81. The zero-order chi connectivity index (χ0) is 21.8. The predicted molar refractivity (Wildman–Crippen MR) is 128 cm³/mol. The first-order chi connectivity index (χ1) is 15.3. The van der Waals surface area contributed by atoms with E-state index in [1.165, 1.54) is 29.2 Å². The van der Waals surface area contributed by atoms with Crippen LogP contribution in [-0.2, 0) is 11.2 Å². The molecule has 0 bridgehead atoms. The second-order valence-electron chi connectivity index (χ2n) is 8.63. The molecule has 1 atom stereocenters. The summed E-state index contributed by atoms with van der Waals surface area (Å²) >= 11 is 0. The van der Waals surface area contributed by atoms with Crippen molar-refractivity contribution in [3.63, 3.8) is 0 Å². The largest absolute Gasteiger partial charge is 0.395 e. The van der Waals surface area contributed by atoms with Gasteiger partial charge < -0.3 is 20.3 Å². The third kappa shape index (κ3) is 7.29. The first-order valence-corrected chi connectivity index (χ1v) is 11.6. The Morgan fingerprint density at radius 2 is 1.77 bits per heavy atom. The van der Waals surface area contributed by atoms with Crippen molar-refractivity contribution in [1.82, 2.24) is 5.32 Å². The Labute approximate surface area is 186 Å². The van der Waals surface area contributed by atoms with Gasteiger partial charge in [0, 0.05) is 18.6 Å². The third-order valence-corrected chi connectivity index (χ3v) is 6.14. The maximum Gasteiger partial charge on any atom is 0.0645 e. The minimum atomic E-state index is -0.273. The van der Waals surface area contributed by atoms with Gasteiger partial charge in [-0.2, -0.15) is 0 Å². The normalized spacial score (nSPS) is 18.5. The summed E-state index contributed by atoms with van der Waals surface area (Å²) in [6.07, 6.45) is 12.2. The van der Waals surface area contributed by atoms with E-state index in [1.807, 2.05) is 12.2 Å². The first-order valence-electron chi connectivity index (χ1n) is 11.6. The quantitative estimate of drug-likeness (QED) is 0.394. The lowest BCUT2D eigenvalue weighted by atomic mass is 9.79. The lowest BCUT2D eigenvalue weighted by Gasteiger charge is -2.32. The molecule has 1 aliphatic carbocycles. The SMILES string of the molecule is OCC1=CC=CC(CO)(CNCCCCCCOCCc2cccc3ccccc23)C1. The highest BCUT2D eigenvalue weighted by Crippen LogP contribution is 2.30. The van der Waals surface area contributed by atoms with Crippen molar-refractivity contribution >= 4 is 10.8 Å². The zero-order valence-electron chi connectivity index (χ0n) is 18.6. The molecule has 0 radical (unpaired) electrons. The molecular formula is C27H37NO3. The summed E-state index contributed by atoms with van der Waals surface area (Å²) in [6.45, 7) is 3.47. The molecule has 0 fully saturated rings. The van der Waals surface area contributed by atoms with E-state index in [0.29, 0.717) is 0 Å². The van der Waals surface area contributed by atoms with Crippen LogP contribution in [0.5, 0.6) is 0 Å². The second kappa shape index (κ2) is 12.8. The van der Waals surface area contributed by atoms with Gasteiger partial charge in [-0.25, -0.2) is 0 Å². The van der Waals surface area contributed by atoms with E-state index < -0.39 is 0 Å². The molecule has 2 aromatic carbocycles. The molecule has 0 aliphatic heterocycles. The fraction of sp³-hybridized carbons (Fsp3) is 0.481. The highest BCUT2D eigenvalue weighted by Gasteiger charge is 2.28. The summed E-state index contributed by atoms with van der Waals surface area (Å²) in [5.41, 5.74) is 2.07. The van der Waals surface area contributed by atoms with E-state index in [0.717, 1.165) is 57.6 Å². The predicted octanol–water partition coefficient (Wildman–Crippen LogP) is 4.41. The molecule has 0 saturated carbocycles. The van der Waals surface area contributed by atoms with Gasteiger partial charge in [-0.05, 0) is 54.1 Å². The van der Waals surface area contributed by atoms with Gasteiger partial charge >= 0.3 is 0 Å². The minimum Gasteiger partial charge on any atom is -0.395 e. The van der Waals surface area contributed by atoms with E-state index in [1.54, 1.807) is 0 Å². The Morgan fingerprint density at radius 3 is 2.65 bits per heavy atom. The fourth-order valence-electron chi connectivity index (χ4n) is 4.29. The summed E-state index contributed by atoms with van der Waals surface area (Å²) in [7, 11) is 0. The summed E-state index contributed by atoms with van der Waals surface area (Å²) in [5, 5.41) is 25.3. The lowest BCUT2D eigenvalue weighted by molar-refractivity contribution is 0.133. The molecule has 3 N–H and O–H groups in total. The van der Waals surface area contributed by atoms with Crippen molar-refractivity contribution in [3.8, 4) is 0 Å². The monoisotopic (exact) mass is 423 g/mol. The Bertz CT molecular complexity index is 855. The van der Waals surface area contributed by atoms with Crippen molar-refractivity contribution in [2.45, 2.75) is 38.5 Å². The van der Waals surface area contributed by atoms with Crippen LogP contribution in [0.2, 0.25) is 0 Å². The molecule has 0 heterocycles. The third-order valence-electron chi connectivity index (χ3n) is 6.14. The number of fused-ring (bicyclic) bond motifs is 1. The van der Waals surface area contributed by atoms with E-state index >= 15 is 0 Å². The van der Waals surface area contributed by atoms with E-state index in [4.69, 9.17) is 4.74 Å². The molecule has 1 unspecified atom stereocenters. The molecule has 0 spiro atoms. The number of aliphatic hydroxyl groups excluding tert-OH is 2. The van der Waals surface area contributed by atoms with Crippen LogP contribution in [0.15, 0.2) is 66.3 Å². The number of allylic oxidation sites excluding steroid dienone is 2. The number of hydrogen-bond donors (Lipinski definition) is 3. The van der Waals surface area contributed by atoms with Crippen molar-refractivity contribution in [1.29, 1.82) is 0 Å². The first kappa shape index (κ1) is 23.7. The van der Waals surface area contributed by atoms with Crippen LogP contribution in [0.1, 0.15) is 37.7 Å².